The Labute approximate surface area is 92.6 Å². The van der Waals surface area contributed by atoms with Gasteiger partial charge in [-0.2, -0.15) is 0 Å². The molecule has 0 radical (unpaired) electrons. The fraction of sp³-hybridized carbons (Fsp3) is 1.00. The number of hydrogen-bond donors (Lipinski definition) is 0. The van der Waals surface area contributed by atoms with Crippen LogP contribution in [0, 0.1) is 0 Å². The van der Waals surface area contributed by atoms with Crippen molar-refractivity contribution in [2.45, 2.75) is 51.8 Å². The number of nitrogens with zero attached hydrogens (tertiary/aromatic N) is 1. The van der Waals surface area contributed by atoms with Crippen LogP contribution in [0.15, 0.2) is 0 Å². The van der Waals surface area contributed by atoms with Gasteiger partial charge in [0.15, 0.2) is 0 Å². The Morgan fingerprint density at radius 3 is 2.86 bits per heavy atom. The molecule has 0 aliphatic carbocycles. The van der Waals surface area contributed by atoms with Gasteiger partial charge in [-0.15, -0.1) is 11.6 Å². The van der Waals surface area contributed by atoms with Gasteiger partial charge in [-0.3, -0.25) is 4.90 Å². The lowest BCUT2D eigenvalue weighted by atomic mass is 10.1. The summed E-state index contributed by atoms with van der Waals surface area (Å²) in [5, 5.41) is 0. The maximum Gasteiger partial charge on any atom is 0.0838 e. The van der Waals surface area contributed by atoms with Gasteiger partial charge in [-0.25, -0.2) is 0 Å². The molecule has 0 spiro atoms. The Hall–Kier alpha value is 0.210. The highest BCUT2D eigenvalue weighted by Gasteiger charge is 2.28. The van der Waals surface area contributed by atoms with Gasteiger partial charge in [-0.1, -0.05) is 13.3 Å². The van der Waals surface area contributed by atoms with Crippen molar-refractivity contribution < 1.29 is 4.74 Å². The predicted octanol–water partition coefficient (Wildman–Crippen LogP) is 2.50. The Kier molecular flexibility index (Phi) is 5.21. The smallest absolute Gasteiger partial charge is 0.0838 e. The van der Waals surface area contributed by atoms with Crippen molar-refractivity contribution in [3.63, 3.8) is 0 Å². The zero-order valence-corrected chi connectivity index (χ0v) is 10.3. The molecule has 3 heteroatoms. The lowest BCUT2D eigenvalue weighted by molar-refractivity contribution is -0.0629. The van der Waals surface area contributed by atoms with Crippen molar-refractivity contribution in [3.05, 3.63) is 0 Å². The number of hydrogen-bond acceptors (Lipinski definition) is 2. The van der Waals surface area contributed by atoms with Gasteiger partial charge in [0, 0.05) is 24.5 Å². The van der Waals surface area contributed by atoms with Crippen molar-refractivity contribution in [1.29, 1.82) is 0 Å². The lowest BCUT2D eigenvalue weighted by Gasteiger charge is -2.41. The van der Waals surface area contributed by atoms with Crippen molar-refractivity contribution in [2.75, 3.05) is 19.0 Å². The van der Waals surface area contributed by atoms with Crippen LogP contribution in [0.1, 0.15) is 33.6 Å². The van der Waals surface area contributed by atoms with E-state index in [4.69, 9.17) is 16.3 Å². The number of alkyl halides is 1. The van der Waals surface area contributed by atoms with Crippen molar-refractivity contribution in [3.8, 4) is 0 Å². The van der Waals surface area contributed by atoms with Gasteiger partial charge in [-0.05, 0) is 20.3 Å². The highest BCUT2D eigenvalue weighted by Crippen LogP contribution is 2.18. The van der Waals surface area contributed by atoms with Gasteiger partial charge in [0.1, 0.15) is 0 Å². The van der Waals surface area contributed by atoms with Crippen LogP contribution in [-0.2, 0) is 4.74 Å². The highest BCUT2D eigenvalue weighted by atomic mass is 35.5. The molecular weight excluding hydrogens is 198 g/mol. The second-order valence-corrected chi connectivity index (χ2v) is 4.60. The summed E-state index contributed by atoms with van der Waals surface area (Å²) in [6, 6.07) is 1.20. The van der Waals surface area contributed by atoms with Crippen LogP contribution in [0.4, 0.5) is 0 Å². The molecule has 0 N–H and O–H groups in total. The molecule has 1 heterocycles. The average Bonchev–Trinajstić information content (AvgIpc) is 2.19. The normalized spacial score (nSPS) is 31.7. The molecule has 0 bridgehead atoms. The van der Waals surface area contributed by atoms with Crippen LogP contribution in [-0.4, -0.2) is 42.1 Å². The van der Waals surface area contributed by atoms with E-state index in [9.17, 15) is 0 Å². The van der Waals surface area contributed by atoms with Crippen molar-refractivity contribution in [2.24, 2.45) is 0 Å². The fourth-order valence-electron chi connectivity index (χ4n) is 2.13. The van der Waals surface area contributed by atoms with Gasteiger partial charge in [0.25, 0.3) is 0 Å². The first-order valence-corrected chi connectivity index (χ1v) is 6.15. The first-order valence-electron chi connectivity index (χ1n) is 5.62. The van der Waals surface area contributed by atoms with E-state index < -0.39 is 0 Å². The van der Waals surface area contributed by atoms with E-state index in [-0.39, 0.29) is 6.10 Å². The zero-order valence-electron chi connectivity index (χ0n) is 9.50. The van der Waals surface area contributed by atoms with Crippen LogP contribution in [0.2, 0.25) is 0 Å². The van der Waals surface area contributed by atoms with Crippen LogP contribution in [0.25, 0.3) is 0 Å². The minimum absolute atomic E-state index is 0.229. The minimum Gasteiger partial charge on any atom is -0.374 e. The lowest BCUT2D eigenvalue weighted by Crippen LogP contribution is -2.52. The highest BCUT2D eigenvalue weighted by molar-refractivity contribution is 6.18. The predicted molar refractivity (Wildman–Crippen MR) is 61.0 cm³/mol. The van der Waals surface area contributed by atoms with E-state index in [0.29, 0.717) is 18.0 Å². The standard InChI is InChI=1S/C11H22ClNO/c1-4-5-9(2)13-7-11(6-12)14-8-10(13)3/h9-11H,4-8H2,1-3H3. The molecule has 1 aliphatic rings. The van der Waals surface area contributed by atoms with Crippen molar-refractivity contribution >= 4 is 11.6 Å². The molecule has 1 rings (SSSR count). The Bertz CT molecular complexity index is 165. The van der Waals surface area contributed by atoms with E-state index in [0.717, 1.165) is 13.2 Å². The molecular formula is C11H22ClNO. The van der Waals surface area contributed by atoms with E-state index in [2.05, 4.69) is 25.7 Å². The molecule has 84 valence electrons. The van der Waals surface area contributed by atoms with E-state index in [1.807, 2.05) is 0 Å². The minimum atomic E-state index is 0.229. The molecule has 3 unspecified atom stereocenters. The third-order valence-corrected chi connectivity index (χ3v) is 3.34. The topological polar surface area (TPSA) is 12.5 Å². The molecule has 0 aromatic carbocycles. The molecule has 3 atom stereocenters. The number of morpholine rings is 1. The summed E-state index contributed by atoms with van der Waals surface area (Å²) in [5.74, 6) is 0.613. The fourth-order valence-corrected chi connectivity index (χ4v) is 2.32. The summed E-state index contributed by atoms with van der Waals surface area (Å²) in [4.78, 5) is 2.53. The van der Waals surface area contributed by atoms with Crippen LogP contribution in [0.5, 0.6) is 0 Å². The van der Waals surface area contributed by atoms with Gasteiger partial charge >= 0.3 is 0 Å². The molecule has 0 saturated carbocycles. The molecule has 1 aliphatic heterocycles. The summed E-state index contributed by atoms with van der Waals surface area (Å²) in [7, 11) is 0. The summed E-state index contributed by atoms with van der Waals surface area (Å²) in [5.41, 5.74) is 0. The second kappa shape index (κ2) is 5.94. The monoisotopic (exact) mass is 219 g/mol. The third-order valence-electron chi connectivity index (χ3n) is 3.00. The van der Waals surface area contributed by atoms with E-state index >= 15 is 0 Å². The quantitative estimate of drug-likeness (QED) is 0.674. The second-order valence-electron chi connectivity index (χ2n) is 4.29. The van der Waals surface area contributed by atoms with E-state index in [1.54, 1.807) is 0 Å². The summed E-state index contributed by atoms with van der Waals surface area (Å²) >= 11 is 5.82. The van der Waals surface area contributed by atoms with E-state index in [1.165, 1.54) is 12.8 Å². The molecule has 0 aromatic heterocycles. The van der Waals surface area contributed by atoms with Crippen molar-refractivity contribution in [1.82, 2.24) is 4.90 Å². The Balaban J connectivity index is 2.46. The summed E-state index contributed by atoms with van der Waals surface area (Å²) in [6.45, 7) is 8.59. The molecule has 1 fully saturated rings. The first-order chi connectivity index (χ1) is 6.69. The third kappa shape index (κ3) is 3.11. The van der Waals surface area contributed by atoms with Gasteiger partial charge in [0.2, 0.25) is 0 Å². The number of ether oxygens (including phenoxy) is 1. The van der Waals surface area contributed by atoms with Gasteiger partial charge in [0.05, 0.1) is 12.7 Å². The average molecular weight is 220 g/mol. The molecule has 14 heavy (non-hydrogen) atoms. The Morgan fingerprint density at radius 2 is 2.29 bits per heavy atom. The Morgan fingerprint density at radius 1 is 1.57 bits per heavy atom. The van der Waals surface area contributed by atoms with Crippen LogP contribution < -0.4 is 0 Å². The maximum absolute atomic E-state index is 5.82. The molecule has 0 amide bonds. The largest absolute Gasteiger partial charge is 0.374 e. The summed E-state index contributed by atoms with van der Waals surface area (Å²) < 4.78 is 5.62. The molecule has 1 saturated heterocycles. The number of rotatable bonds is 4. The van der Waals surface area contributed by atoms with Crippen LogP contribution >= 0.6 is 11.6 Å². The molecule has 0 aromatic rings. The van der Waals surface area contributed by atoms with Crippen LogP contribution in [0.3, 0.4) is 0 Å². The SMILES string of the molecule is CCCC(C)N1CC(CCl)OCC1C. The maximum atomic E-state index is 5.82. The first kappa shape index (κ1) is 12.3. The summed E-state index contributed by atoms with van der Waals surface area (Å²) in [6.07, 6.45) is 2.74. The molecule has 2 nitrogen and oxygen atoms in total. The number of halogens is 1. The van der Waals surface area contributed by atoms with Gasteiger partial charge < -0.3 is 4.74 Å². The zero-order chi connectivity index (χ0) is 10.6.